The van der Waals surface area contributed by atoms with E-state index in [4.69, 9.17) is 4.42 Å². The van der Waals surface area contributed by atoms with E-state index in [0.29, 0.717) is 0 Å². The van der Waals surface area contributed by atoms with Crippen LogP contribution in [0, 0.1) is 0 Å². The molecule has 10 aromatic carbocycles. The zero-order valence-electron chi connectivity index (χ0n) is 30.8. The second-order valence-corrected chi connectivity index (χ2v) is 15.8. The minimum absolute atomic E-state index is 0.858. The number of thiophene rings is 1. The van der Waals surface area contributed by atoms with Crippen LogP contribution >= 0.6 is 11.3 Å². The van der Waals surface area contributed by atoms with Crippen LogP contribution in [-0.2, 0) is 0 Å². The summed E-state index contributed by atoms with van der Waals surface area (Å²) < 4.78 is 9.49. The van der Waals surface area contributed by atoms with Crippen LogP contribution < -0.4 is 4.90 Å². The number of benzene rings is 10. The van der Waals surface area contributed by atoms with Crippen molar-refractivity contribution in [3.63, 3.8) is 0 Å². The van der Waals surface area contributed by atoms with Crippen LogP contribution in [0.3, 0.4) is 0 Å². The molecule has 0 bridgehead atoms. The summed E-state index contributed by atoms with van der Waals surface area (Å²) in [5, 5.41) is 12.0. The summed E-state index contributed by atoms with van der Waals surface area (Å²) in [5.41, 5.74) is 9.67. The molecule has 0 aliphatic heterocycles. The fourth-order valence-corrected chi connectivity index (χ4v) is 10.3. The van der Waals surface area contributed by atoms with Gasteiger partial charge in [-0.05, 0) is 80.0 Å². The minimum atomic E-state index is 0.858. The van der Waals surface area contributed by atoms with Gasteiger partial charge in [-0.25, -0.2) is 0 Å². The molecule has 0 aliphatic carbocycles. The van der Waals surface area contributed by atoms with Gasteiger partial charge in [0, 0.05) is 47.6 Å². The van der Waals surface area contributed by atoms with E-state index in [1.54, 1.807) is 0 Å². The molecule has 2 heterocycles. The number of anilines is 3. The molecule has 0 fully saturated rings. The van der Waals surface area contributed by atoms with E-state index in [9.17, 15) is 0 Å². The summed E-state index contributed by atoms with van der Waals surface area (Å²) in [6, 6.07) is 72.8. The Morgan fingerprint density at radius 3 is 1.88 bits per heavy atom. The Morgan fingerprint density at radius 2 is 1.00 bits per heavy atom. The van der Waals surface area contributed by atoms with E-state index in [1.807, 2.05) is 11.3 Å². The molecule has 2 aromatic heterocycles. The quantitative estimate of drug-likeness (QED) is 0.163. The molecule has 0 amide bonds. The lowest BCUT2D eigenvalue weighted by atomic mass is 9.88. The maximum absolute atomic E-state index is 6.89. The molecular weight excluding hydrogens is 711 g/mol. The second-order valence-electron chi connectivity index (χ2n) is 14.8. The molecule has 0 spiro atoms. The predicted molar refractivity (Wildman–Crippen MR) is 245 cm³/mol. The minimum Gasteiger partial charge on any atom is -0.454 e. The number of para-hydroxylation sites is 2. The van der Waals surface area contributed by atoms with Crippen molar-refractivity contribution in [2.24, 2.45) is 0 Å². The Kier molecular flexibility index (Phi) is 7.13. The third kappa shape index (κ3) is 4.89. The fourth-order valence-electron chi connectivity index (χ4n) is 9.20. The first kappa shape index (κ1) is 32.1. The summed E-state index contributed by atoms with van der Waals surface area (Å²) in [4.78, 5) is 2.48. The van der Waals surface area contributed by atoms with E-state index in [2.05, 4.69) is 205 Å². The van der Waals surface area contributed by atoms with Gasteiger partial charge in [0.05, 0.1) is 11.4 Å². The number of hydrogen-bond donors (Lipinski definition) is 0. The van der Waals surface area contributed by atoms with Crippen molar-refractivity contribution in [1.29, 1.82) is 0 Å². The third-order valence-electron chi connectivity index (χ3n) is 11.6. The average molecular weight is 744 g/mol. The van der Waals surface area contributed by atoms with E-state index in [1.165, 1.54) is 74.7 Å². The highest BCUT2D eigenvalue weighted by atomic mass is 32.1. The maximum Gasteiger partial charge on any atom is 0.159 e. The van der Waals surface area contributed by atoms with Gasteiger partial charge in [0.15, 0.2) is 5.58 Å². The first-order valence-electron chi connectivity index (χ1n) is 19.4. The largest absolute Gasteiger partial charge is 0.454 e. The normalized spacial score (nSPS) is 11.9. The summed E-state index contributed by atoms with van der Waals surface area (Å²) in [7, 11) is 0. The first-order chi connectivity index (χ1) is 28.3. The van der Waals surface area contributed by atoms with Crippen molar-refractivity contribution in [2.45, 2.75) is 0 Å². The molecule has 0 aliphatic rings. The van der Waals surface area contributed by atoms with Gasteiger partial charge in [0.25, 0.3) is 0 Å². The van der Waals surface area contributed by atoms with Crippen LogP contribution in [-0.4, -0.2) is 0 Å². The van der Waals surface area contributed by atoms with Crippen LogP contribution in [0.4, 0.5) is 17.1 Å². The lowest BCUT2D eigenvalue weighted by Gasteiger charge is -2.31. The highest BCUT2D eigenvalue weighted by Gasteiger charge is 2.27. The van der Waals surface area contributed by atoms with Crippen LogP contribution in [0.25, 0.3) is 96.7 Å². The molecule has 12 aromatic rings. The molecule has 0 saturated carbocycles. The molecule has 0 N–H and O–H groups in total. The number of nitrogens with zero attached hydrogens (tertiary/aromatic N) is 1. The van der Waals surface area contributed by atoms with Crippen molar-refractivity contribution >= 4 is 103 Å². The summed E-state index contributed by atoms with van der Waals surface area (Å²) in [5.74, 6) is 0. The van der Waals surface area contributed by atoms with Gasteiger partial charge in [-0.1, -0.05) is 164 Å². The highest BCUT2D eigenvalue weighted by Crippen LogP contribution is 2.53. The van der Waals surface area contributed by atoms with Crippen LogP contribution in [0.5, 0.6) is 0 Å². The molecule has 0 atom stereocenters. The average Bonchev–Trinajstić information content (AvgIpc) is 3.86. The molecule has 0 unspecified atom stereocenters. The second kappa shape index (κ2) is 12.7. The first-order valence-corrected chi connectivity index (χ1v) is 20.2. The maximum atomic E-state index is 6.89. The summed E-state index contributed by atoms with van der Waals surface area (Å²) in [6.45, 7) is 0. The topological polar surface area (TPSA) is 16.4 Å². The third-order valence-corrected chi connectivity index (χ3v) is 12.8. The number of fused-ring (bicyclic) bond motifs is 10. The zero-order valence-corrected chi connectivity index (χ0v) is 31.6. The lowest BCUT2D eigenvalue weighted by Crippen LogP contribution is -2.13. The van der Waals surface area contributed by atoms with Crippen LogP contribution in [0.2, 0.25) is 0 Å². The van der Waals surface area contributed by atoms with Crippen molar-refractivity contribution in [3.05, 3.63) is 200 Å². The Balaban J connectivity index is 1.24. The molecule has 2 nitrogen and oxygen atoms in total. The van der Waals surface area contributed by atoms with Gasteiger partial charge in [-0.3, -0.25) is 0 Å². The van der Waals surface area contributed by atoms with Crippen LogP contribution in [0.15, 0.2) is 205 Å². The molecule has 0 saturated heterocycles. The van der Waals surface area contributed by atoms with Crippen LogP contribution in [0.1, 0.15) is 0 Å². The Hall–Kier alpha value is -7.20. The Bertz CT molecular complexity index is 3550. The Labute approximate surface area is 333 Å². The predicted octanol–water partition coefficient (Wildman–Crippen LogP) is 16.2. The van der Waals surface area contributed by atoms with Crippen molar-refractivity contribution in [3.8, 4) is 22.3 Å². The number of hydrogen-bond acceptors (Lipinski definition) is 3. The summed E-state index contributed by atoms with van der Waals surface area (Å²) >= 11 is 1.86. The zero-order chi connectivity index (χ0) is 37.5. The molecular formula is C54H33NOS. The van der Waals surface area contributed by atoms with Crippen molar-refractivity contribution in [1.82, 2.24) is 0 Å². The molecule has 0 radical (unpaired) electrons. The summed E-state index contributed by atoms with van der Waals surface area (Å²) in [6.07, 6.45) is 0. The van der Waals surface area contributed by atoms with Gasteiger partial charge in [0.2, 0.25) is 0 Å². The van der Waals surface area contributed by atoms with Gasteiger partial charge in [-0.2, -0.15) is 0 Å². The van der Waals surface area contributed by atoms with E-state index >= 15 is 0 Å². The van der Waals surface area contributed by atoms with Crippen molar-refractivity contribution < 1.29 is 4.42 Å². The lowest BCUT2D eigenvalue weighted by molar-refractivity contribution is 0.669. The number of rotatable bonds is 5. The highest BCUT2D eigenvalue weighted by molar-refractivity contribution is 7.25. The van der Waals surface area contributed by atoms with Gasteiger partial charge in [0.1, 0.15) is 5.58 Å². The van der Waals surface area contributed by atoms with Crippen molar-refractivity contribution in [2.75, 3.05) is 4.90 Å². The molecule has 57 heavy (non-hydrogen) atoms. The monoisotopic (exact) mass is 743 g/mol. The SMILES string of the molecule is c1cc(-c2cccc3sc4ccccc4c23)cc(N(c2c(-c3cccc4ccccc34)c3ccccc3c3ccccc23)c2cccc3c2oc2ccccc23)c1. The van der Waals surface area contributed by atoms with Gasteiger partial charge >= 0.3 is 0 Å². The standard InChI is InChI=1S/C54H33NOS/c1-2-19-37-34(15-1)16-12-27-42(37)52-43-23-5-3-20-39(43)40-21-4-6-24-44(40)53(52)55(47-29-13-28-45-41-22-7-9-30-48(41)56-54(45)47)36-18-11-17-35(33-36)38-26-14-32-50-51(38)46-25-8-10-31-49(46)57-50/h1-33H. The molecule has 266 valence electrons. The number of furan rings is 1. The Morgan fingerprint density at radius 1 is 0.404 bits per heavy atom. The van der Waals surface area contributed by atoms with Gasteiger partial charge in [-0.15, -0.1) is 11.3 Å². The smallest absolute Gasteiger partial charge is 0.159 e. The molecule has 12 rings (SSSR count). The van der Waals surface area contributed by atoms with E-state index in [-0.39, 0.29) is 0 Å². The van der Waals surface area contributed by atoms with E-state index < -0.39 is 0 Å². The van der Waals surface area contributed by atoms with Gasteiger partial charge < -0.3 is 9.32 Å². The fraction of sp³-hybridized carbons (Fsp3) is 0. The van der Waals surface area contributed by atoms with E-state index in [0.717, 1.165) is 39.0 Å². The molecule has 3 heteroatoms.